The molecule has 9 heteroatoms. The molecule has 0 fully saturated rings. The minimum atomic E-state index is -3.81. The maximum Gasteiger partial charge on any atom is 0.243 e. The van der Waals surface area contributed by atoms with Crippen molar-refractivity contribution >= 4 is 33.2 Å². The molecule has 0 spiro atoms. The van der Waals surface area contributed by atoms with Crippen LogP contribution in [-0.2, 0) is 14.8 Å². The molecule has 0 saturated heterocycles. The van der Waals surface area contributed by atoms with Crippen LogP contribution in [0.15, 0.2) is 47.4 Å². The standard InChI is InChI=1S/C18H21ClN2O5S/c1-4-21(27(23,24)15-8-6-14(25-2)7-9-15)12-18(22)20-13-5-10-17(26-3)16(19)11-13/h5-11H,4,12H2,1-3H3,(H,20,22). The van der Waals surface area contributed by atoms with Gasteiger partial charge in [0, 0.05) is 12.2 Å². The number of hydrogen-bond acceptors (Lipinski definition) is 5. The first-order chi connectivity index (χ1) is 12.8. The van der Waals surface area contributed by atoms with Crippen molar-refractivity contribution in [2.75, 3.05) is 32.6 Å². The van der Waals surface area contributed by atoms with Crippen molar-refractivity contribution in [1.82, 2.24) is 4.31 Å². The third-order valence-electron chi connectivity index (χ3n) is 3.81. The Bertz CT molecular complexity index is 900. The third kappa shape index (κ3) is 5.12. The van der Waals surface area contributed by atoms with Gasteiger partial charge in [0.25, 0.3) is 0 Å². The van der Waals surface area contributed by atoms with Crippen LogP contribution in [0.2, 0.25) is 5.02 Å². The summed E-state index contributed by atoms with van der Waals surface area (Å²) in [6, 6.07) is 10.8. The molecule has 0 aliphatic rings. The molecule has 27 heavy (non-hydrogen) atoms. The van der Waals surface area contributed by atoms with Gasteiger partial charge in [0.2, 0.25) is 15.9 Å². The monoisotopic (exact) mass is 412 g/mol. The lowest BCUT2D eigenvalue weighted by Gasteiger charge is -2.20. The summed E-state index contributed by atoms with van der Waals surface area (Å²) in [6.07, 6.45) is 0. The van der Waals surface area contributed by atoms with Gasteiger partial charge in [0.1, 0.15) is 11.5 Å². The average molecular weight is 413 g/mol. The number of carbonyl (C=O) groups is 1. The number of nitrogens with zero attached hydrogens (tertiary/aromatic N) is 1. The van der Waals surface area contributed by atoms with E-state index in [9.17, 15) is 13.2 Å². The molecule has 0 bridgehead atoms. The van der Waals surface area contributed by atoms with Crippen molar-refractivity contribution in [3.8, 4) is 11.5 Å². The fourth-order valence-electron chi connectivity index (χ4n) is 2.37. The summed E-state index contributed by atoms with van der Waals surface area (Å²) in [7, 11) is -0.825. The summed E-state index contributed by atoms with van der Waals surface area (Å²) in [5.74, 6) is 0.549. The molecule has 0 saturated carbocycles. The van der Waals surface area contributed by atoms with Gasteiger partial charge in [-0.05, 0) is 42.5 Å². The van der Waals surface area contributed by atoms with E-state index in [1.54, 1.807) is 31.2 Å². The van der Waals surface area contributed by atoms with E-state index in [1.165, 1.54) is 32.4 Å². The zero-order valence-corrected chi connectivity index (χ0v) is 16.8. The first-order valence-corrected chi connectivity index (χ1v) is 9.91. The highest BCUT2D eigenvalue weighted by Crippen LogP contribution is 2.27. The van der Waals surface area contributed by atoms with E-state index in [0.717, 1.165) is 4.31 Å². The summed E-state index contributed by atoms with van der Waals surface area (Å²) >= 11 is 6.03. The molecule has 7 nitrogen and oxygen atoms in total. The molecule has 2 aromatic carbocycles. The normalized spacial score (nSPS) is 11.3. The molecule has 0 atom stereocenters. The maximum atomic E-state index is 12.8. The second kappa shape index (κ2) is 9.07. The molecule has 0 aromatic heterocycles. The van der Waals surface area contributed by atoms with Crippen LogP contribution in [0.1, 0.15) is 6.92 Å². The SMILES string of the molecule is CCN(CC(=O)Nc1ccc(OC)c(Cl)c1)S(=O)(=O)c1ccc(OC)cc1. The lowest BCUT2D eigenvalue weighted by Crippen LogP contribution is -2.37. The maximum absolute atomic E-state index is 12.8. The number of benzene rings is 2. The number of rotatable bonds is 8. The number of halogens is 1. The van der Waals surface area contributed by atoms with Crippen LogP contribution in [0.25, 0.3) is 0 Å². The van der Waals surface area contributed by atoms with Gasteiger partial charge < -0.3 is 14.8 Å². The summed E-state index contributed by atoms with van der Waals surface area (Å²) in [5, 5.41) is 2.98. The van der Waals surface area contributed by atoms with Gasteiger partial charge in [-0.3, -0.25) is 4.79 Å². The minimum Gasteiger partial charge on any atom is -0.497 e. The van der Waals surface area contributed by atoms with Crippen molar-refractivity contribution < 1.29 is 22.7 Å². The fraction of sp³-hybridized carbons (Fsp3) is 0.278. The number of hydrogen-bond donors (Lipinski definition) is 1. The quantitative estimate of drug-likeness (QED) is 0.720. The molecule has 0 aliphatic carbocycles. The van der Waals surface area contributed by atoms with Gasteiger partial charge in [-0.2, -0.15) is 4.31 Å². The molecule has 0 radical (unpaired) electrons. The smallest absolute Gasteiger partial charge is 0.243 e. The van der Waals surface area contributed by atoms with E-state index >= 15 is 0 Å². The number of anilines is 1. The predicted octanol–water partition coefficient (Wildman–Crippen LogP) is 3.01. The Kier molecular flexibility index (Phi) is 7.06. The van der Waals surface area contributed by atoms with Crippen LogP contribution in [0, 0.1) is 0 Å². The van der Waals surface area contributed by atoms with Gasteiger partial charge >= 0.3 is 0 Å². The fourth-order valence-corrected chi connectivity index (χ4v) is 4.03. The number of methoxy groups -OCH3 is 2. The summed E-state index contributed by atoms with van der Waals surface area (Å²) in [5.41, 5.74) is 0.448. The molecule has 2 aromatic rings. The van der Waals surface area contributed by atoms with Crippen LogP contribution < -0.4 is 14.8 Å². The number of likely N-dealkylation sites (N-methyl/N-ethyl adjacent to an activating group) is 1. The molecule has 146 valence electrons. The first-order valence-electron chi connectivity index (χ1n) is 8.09. The summed E-state index contributed by atoms with van der Waals surface area (Å²) in [4.78, 5) is 12.4. The highest BCUT2D eigenvalue weighted by atomic mass is 35.5. The van der Waals surface area contributed by atoms with E-state index in [4.69, 9.17) is 21.1 Å². The molecular weight excluding hydrogens is 392 g/mol. The Labute approximate surface area is 163 Å². The van der Waals surface area contributed by atoms with E-state index in [1.807, 2.05) is 0 Å². The van der Waals surface area contributed by atoms with E-state index in [0.29, 0.717) is 22.2 Å². The zero-order chi connectivity index (χ0) is 20.0. The van der Waals surface area contributed by atoms with Crippen molar-refractivity contribution in [2.45, 2.75) is 11.8 Å². The number of ether oxygens (including phenoxy) is 2. The number of amides is 1. The highest BCUT2D eigenvalue weighted by molar-refractivity contribution is 7.89. The topological polar surface area (TPSA) is 84.9 Å². The lowest BCUT2D eigenvalue weighted by molar-refractivity contribution is -0.116. The number of sulfonamides is 1. The Morgan fingerprint density at radius 1 is 1.11 bits per heavy atom. The average Bonchev–Trinajstić information content (AvgIpc) is 2.66. The predicted molar refractivity (Wildman–Crippen MR) is 104 cm³/mol. The molecule has 1 N–H and O–H groups in total. The first kappa shape index (κ1) is 21.0. The van der Waals surface area contributed by atoms with Crippen LogP contribution in [0.4, 0.5) is 5.69 Å². The largest absolute Gasteiger partial charge is 0.497 e. The van der Waals surface area contributed by atoms with Gasteiger partial charge in [-0.25, -0.2) is 8.42 Å². The minimum absolute atomic E-state index is 0.0884. The van der Waals surface area contributed by atoms with Crippen LogP contribution in [0.3, 0.4) is 0 Å². The number of nitrogens with one attached hydrogen (secondary N) is 1. The second-order valence-electron chi connectivity index (χ2n) is 5.50. The molecule has 2 rings (SSSR count). The highest BCUT2D eigenvalue weighted by Gasteiger charge is 2.25. The molecular formula is C18H21ClN2O5S. The molecule has 0 aliphatic heterocycles. The molecule has 1 amide bonds. The molecule has 0 heterocycles. The zero-order valence-electron chi connectivity index (χ0n) is 15.2. The van der Waals surface area contributed by atoms with E-state index in [2.05, 4.69) is 5.32 Å². The van der Waals surface area contributed by atoms with E-state index in [-0.39, 0.29) is 18.0 Å². The Hall–Kier alpha value is -2.29. The van der Waals surface area contributed by atoms with Crippen molar-refractivity contribution in [3.05, 3.63) is 47.5 Å². The van der Waals surface area contributed by atoms with Crippen molar-refractivity contribution in [3.63, 3.8) is 0 Å². The van der Waals surface area contributed by atoms with Crippen molar-refractivity contribution in [1.29, 1.82) is 0 Å². The Morgan fingerprint density at radius 2 is 1.78 bits per heavy atom. The van der Waals surface area contributed by atoms with Crippen LogP contribution >= 0.6 is 11.6 Å². The summed E-state index contributed by atoms with van der Waals surface area (Å²) < 4.78 is 36.7. The van der Waals surface area contributed by atoms with Gasteiger partial charge in [-0.15, -0.1) is 0 Å². The second-order valence-corrected chi connectivity index (χ2v) is 7.85. The Balaban J connectivity index is 2.12. The number of carbonyl (C=O) groups excluding carboxylic acids is 1. The van der Waals surface area contributed by atoms with Crippen LogP contribution in [-0.4, -0.2) is 45.9 Å². The van der Waals surface area contributed by atoms with Gasteiger partial charge in [0.05, 0.1) is 30.7 Å². The molecule has 0 unspecified atom stereocenters. The van der Waals surface area contributed by atoms with Gasteiger partial charge in [-0.1, -0.05) is 18.5 Å². The van der Waals surface area contributed by atoms with Crippen LogP contribution in [0.5, 0.6) is 11.5 Å². The Morgan fingerprint density at radius 3 is 2.30 bits per heavy atom. The van der Waals surface area contributed by atoms with Crippen molar-refractivity contribution in [2.24, 2.45) is 0 Å². The third-order valence-corrected chi connectivity index (χ3v) is 6.04. The van der Waals surface area contributed by atoms with E-state index < -0.39 is 15.9 Å². The lowest BCUT2D eigenvalue weighted by atomic mass is 10.3. The summed E-state index contributed by atoms with van der Waals surface area (Å²) in [6.45, 7) is 1.48. The van der Waals surface area contributed by atoms with Gasteiger partial charge in [0.15, 0.2) is 0 Å².